The van der Waals surface area contributed by atoms with Gasteiger partial charge < -0.3 is 0 Å². The van der Waals surface area contributed by atoms with Gasteiger partial charge in [-0.25, -0.2) is 0 Å². The second kappa shape index (κ2) is 6.61. The number of rotatable bonds is 3. The monoisotopic (exact) mass is 205 g/mol. The van der Waals surface area contributed by atoms with Gasteiger partial charge in [0.25, 0.3) is 5.70 Å². The smallest absolute Gasteiger partial charge is 0.258 e. The van der Waals surface area contributed by atoms with E-state index in [1.807, 2.05) is 13.8 Å². The molecule has 0 aliphatic heterocycles. The lowest BCUT2D eigenvalue weighted by molar-refractivity contribution is -0.420. The van der Waals surface area contributed by atoms with Gasteiger partial charge >= 0.3 is 0 Å². The second-order valence-electron chi connectivity index (χ2n) is 3.09. The molecule has 0 aromatic rings. The van der Waals surface area contributed by atoms with Crippen molar-refractivity contribution in [1.29, 1.82) is 0 Å². The molecule has 0 unspecified atom stereocenters. The first kappa shape index (κ1) is 13.2. The zero-order chi connectivity index (χ0) is 11.8. The van der Waals surface area contributed by atoms with Gasteiger partial charge in [0.2, 0.25) is 0 Å². The first-order chi connectivity index (χ1) is 6.99. The Kier molecular flexibility index (Phi) is 5.81. The lowest BCUT2D eigenvalue weighted by atomic mass is 10.2. The van der Waals surface area contributed by atoms with E-state index in [0.29, 0.717) is 5.57 Å². The SMILES string of the molecule is C=C(C)/C(=C\C=C(/C)C#CCC)[N+](=O)[O-]. The molecular formula is C12H15NO2. The van der Waals surface area contributed by atoms with Gasteiger partial charge in [0, 0.05) is 18.1 Å². The van der Waals surface area contributed by atoms with E-state index in [1.54, 1.807) is 13.0 Å². The van der Waals surface area contributed by atoms with Crippen molar-refractivity contribution in [1.82, 2.24) is 0 Å². The molecule has 0 amide bonds. The Balaban J connectivity index is 4.87. The van der Waals surface area contributed by atoms with E-state index in [2.05, 4.69) is 18.4 Å². The van der Waals surface area contributed by atoms with Gasteiger partial charge in [-0.1, -0.05) is 25.3 Å². The Morgan fingerprint density at radius 1 is 1.47 bits per heavy atom. The van der Waals surface area contributed by atoms with Gasteiger partial charge in [-0.05, 0) is 25.5 Å². The molecule has 0 aromatic carbocycles. The Morgan fingerprint density at radius 3 is 2.47 bits per heavy atom. The highest BCUT2D eigenvalue weighted by Crippen LogP contribution is 2.08. The fourth-order valence-electron chi connectivity index (χ4n) is 0.832. The summed E-state index contributed by atoms with van der Waals surface area (Å²) in [6.07, 6.45) is 3.84. The third kappa shape index (κ3) is 5.48. The molecule has 0 fully saturated rings. The van der Waals surface area contributed by atoms with Crippen LogP contribution in [0.4, 0.5) is 0 Å². The molecule has 0 atom stereocenters. The van der Waals surface area contributed by atoms with E-state index in [4.69, 9.17) is 0 Å². The fourth-order valence-corrected chi connectivity index (χ4v) is 0.832. The van der Waals surface area contributed by atoms with Crippen LogP contribution in [0.5, 0.6) is 0 Å². The van der Waals surface area contributed by atoms with Gasteiger partial charge in [-0.2, -0.15) is 0 Å². The molecule has 0 bridgehead atoms. The number of hydrogen-bond acceptors (Lipinski definition) is 2. The molecule has 0 aliphatic carbocycles. The second-order valence-corrected chi connectivity index (χ2v) is 3.09. The largest absolute Gasteiger partial charge is 0.271 e. The van der Waals surface area contributed by atoms with Crippen molar-refractivity contribution in [2.24, 2.45) is 0 Å². The molecule has 0 aliphatic rings. The molecule has 0 spiro atoms. The summed E-state index contributed by atoms with van der Waals surface area (Å²) in [5, 5.41) is 10.6. The maximum Gasteiger partial charge on any atom is 0.271 e. The van der Waals surface area contributed by atoms with E-state index < -0.39 is 4.92 Å². The van der Waals surface area contributed by atoms with Crippen molar-refractivity contribution in [3.8, 4) is 11.8 Å². The lowest BCUT2D eigenvalue weighted by Gasteiger charge is -1.93. The molecule has 3 heteroatoms. The minimum absolute atomic E-state index is 0.0210. The third-order valence-electron chi connectivity index (χ3n) is 1.59. The highest BCUT2D eigenvalue weighted by atomic mass is 16.6. The summed E-state index contributed by atoms with van der Waals surface area (Å²) in [5.41, 5.74) is 1.26. The van der Waals surface area contributed by atoms with Crippen molar-refractivity contribution < 1.29 is 4.92 Å². The molecule has 3 nitrogen and oxygen atoms in total. The predicted molar refractivity (Wildman–Crippen MR) is 61.7 cm³/mol. The van der Waals surface area contributed by atoms with Crippen LogP contribution < -0.4 is 0 Å². The summed E-state index contributed by atoms with van der Waals surface area (Å²) >= 11 is 0. The number of nitrogens with zero attached hydrogens (tertiary/aromatic N) is 1. The van der Waals surface area contributed by atoms with Gasteiger partial charge in [0.15, 0.2) is 0 Å². The minimum atomic E-state index is -0.445. The van der Waals surface area contributed by atoms with Crippen LogP contribution in [-0.4, -0.2) is 4.92 Å². The quantitative estimate of drug-likeness (QED) is 0.307. The predicted octanol–water partition coefficient (Wildman–Crippen LogP) is 3.08. The van der Waals surface area contributed by atoms with E-state index >= 15 is 0 Å². The Hall–Kier alpha value is -1.82. The van der Waals surface area contributed by atoms with Crippen molar-refractivity contribution in [2.45, 2.75) is 27.2 Å². The Morgan fingerprint density at radius 2 is 2.07 bits per heavy atom. The van der Waals surface area contributed by atoms with Gasteiger partial charge in [-0.3, -0.25) is 10.1 Å². The van der Waals surface area contributed by atoms with E-state index in [9.17, 15) is 10.1 Å². The van der Waals surface area contributed by atoms with Crippen molar-refractivity contribution >= 4 is 0 Å². The van der Waals surface area contributed by atoms with Crippen LogP contribution >= 0.6 is 0 Å². The van der Waals surface area contributed by atoms with E-state index in [0.717, 1.165) is 12.0 Å². The number of nitro groups is 1. The van der Waals surface area contributed by atoms with E-state index in [1.165, 1.54) is 6.08 Å². The highest BCUT2D eigenvalue weighted by Gasteiger charge is 2.08. The van der Waals surface area contributed by atoms with Crippen LogP contribution in [0.3, 0.4) is 0 Å². The van der Waals surface area contributed by atoms with Crippen LogP contribution in [-0.2, 0) is 0 Å². The molecular weight excluding hydrogens is 190 g/mol. The maximum absolute atomic E-state index is 10.6. The fraction of sp³-hybridized carbons (Fsp3) is 0.333. The summed E-state index contributed by atoms with van der Waals surface area (Å²) < 4.78 is 0. The number of allylic oxidation sites excluding steroid dienone is 4. The van der Waals surface area contributed by atoms with Gasteiger partial charge in [0.1, 0.15) is 0 Å². The standard InChI is InChI=1S/C12H15NO2/c1-5-6-7-11(4)8-9-12(10(2)3)13(14)15/h8-9H,2,5H2,1,3-4H3/b11-8+,12-9+. The summed E-state index contributed by atoms with van der Waals surface area (Å²) in [4.78, 5) is 10.1. The highest BCUT2D eigenvalue weighted by molar-refractivity contribution is 5.33. The van der Waals surface area contributed by atoms with Crippen LogP contribution in [0.1, 0.15) is 27.2 Å². The average Bonchev–Trinajstić information content (AvgIpc) is 2.13. The molecule has 80 valence electrons. The molecule has 0 radical (unpaired) electrons. The van der Waals surface area contributed by atoms with Gasteiger partial charge in [-0.15, -0.1) is 0 Å². The van der Waals surface area contributed by atoms with Gasteiger partial charge in [0.05, 0.1) is 4.92 Å². The van der Waals surface area contributed by atoms with Crippen LogP contribution in [0.2, 0.25) is 0 Å². The first-order valence-electron chi connectivity index (χ1n) is 4.66. The van der Waals surface area contributed by atoms with Crippen LogP contribution in [0, 0.1) is 22.0 Å². The molecule has 15 heavy (non-hydrogen) atoms. The van der Waals surface area contributed by atoms with Crippen LogP contribution in [0.15, 0.2) is 35.6 Å². The van der Waals surface area contributed by atoms with Crippen molar-refractivity contribution in [3.63, 3.8) is 0 Å². The van der Waals surface area contributed by atoms with E-state index in [-0.39, 0.29) is 5.70 Å². The average molecular weight is 205 g/mol. The Labute approximate surface area is 90.3 Å². The normalized spacial score (nSPS) is 11.7. The Bertz CT molecular complexity index is 362. The zero-order valence-corrected chi connectivity index (χ0v) is 9.33. The first-order valence-corrected chi connectivity index (χ1v) is 4.66. The minimum Gasteiger partial charge on any atom is -0.258 e. The molecule has 0 saturated heterocycles. The third-order valence-corrected chi connectivity index (χ3v) is 1.59. The summed E-state index contributed by atoms with van der Waals surface area (Å²) in [5.74, 6) is 5.77. The van der Waals surface area contributed by atoms with Crippen molar-refractivity contribution in [2.75, 3.05) is 0 Å². The van der Waals surface area contributed by atoms with Crippen molar-refractivity contribution in [3.05, 3.63) is 45.7 Å². The topological polar surface area (TPSA) is 43.1 Å². The summed E-state index contributed by atoms with van der Waals surface area (Å²) in [6, 6.07) is 0. The lowest BCUT2D eigenvalue weighted by Crippen LogP contribution is -1.98. The number of hydrogen-bond donors (Lipinski definition) is 0. The molecule has 0 saturated carbocycles. The summed E-state index contributed by atoms with van der Waals surface area (Å²) in [6.45, 7) is 8.91. The maximum atomic E-state index is 10.6. The molecule has 0 rings (SSSR count). The molecule has 0 aromatic heterocycles. The van der Waals surface area contributed by atoms with Crippen LogP contribution in [0.25, 0.3) is 0 Å². The zero-order valence-electron chi connectivity index (χ0n) is 9.33. The molecule has 0 N–H and O–H groups in total. The summed E-state index contributed by atoms with van der Waals surface area (Å²) in [7, 11) is 0. The molecule has 0 heterocycles.